The lowest BCUT2D eigenvalue weighted by atomic mass is 10.1. The van der Waals surface area contributed by atoms with Crippen LogP contribution < -0.4 is 4.74 Å². The van der Waals surface area contributed by atoms with Gasteiger partial charge in [0.25, 0.3) is 0 Å². The maximum atomic E-state index is 5.25. The summed E-state index contributed by atoms with van der Waals surface area (Å²) in [6, 6.07) is 7.88. The van der Waals surface area contributed by atoms with Crippen molar-refractivity contribution in [3.8, 4) is 11.6 Å². The van der Waals surface area contributed by atoms with Gasteiger partial charge in [-0.15, -0.1) is 0 Å². The van der Waals surface area contributed by atoms with Crippen molar-refractivity contribution in [2.24, 2.45) is 0 Å². The molecule has 0 fully saturated rings. The summed E-state index contributed by atoms with van der Waals surface area (Å²) in [6.07, 6.45) is 5.39. The third kappa shape index (κ3) is 1.86. The molecule has 0 unspecified atom stereocenters. The lowest BCUT2D eigenvalue weighted by Gasteiger charge is -2.07. The Labute approximate surface area is 112 Å². The van der Waals surface area contributed by atoms with Crippen LogP contribution >= 0.6 is 15.9 Å². The molecule has 2 aromatic heterocycles. The van der Waals surface area contributed by atoms with Crippen LogP contribution in [0.5, 0.6) is 5.75 Å². The van der Waals surface area contributed by atoms with E-state index >= 15 is 0 Å². The fourth-order valence-electron chi connectivity index (χ4n) is 1.86. The molecule has 0 saturated carbocycles. The molecule has 0 aliphatic heterocycles. The SMILES string of the molecule is COc1ccc2ccnc(-n3cc(Br)cn3)c2c1. The Bertz CT molecular complexity index is 708. The van der Waals surface area contributed by atoms with Crippen LogP contribution in [0.15, 0.2) is 47.3 Å². The molecule has 5 heteroatoms. The van der Waals surface area contributed by atoms with Gasteiger partial charge < -0.3 is 4.74 Å². The Kier molecular flexibility index (Phi) is 2.76. The molecule has 0 atom stereocenters. The average molecular weight is 304 g/mol. The summed E-state index contributed by atoms with van der Waals surface area (Å²) in [6.45, 7) is 0. The Balaban J connectivity index is 2.28. The molecule has 0 bridgehead atoms. The number of hydrogen-bond donors (Lipinski definition) is 0. The first-order valence-electron chi connectivity index (χ1n) is 5.41. The number of pyridine rings is 1. The number of fused-ring (bicyclic) bond motifs is 1. The Morgan fingerprint density at radius 2 is 2.17 bits per heavy atom. The average Bonchev–Trinajstić information content (AvgIpc) is 2.84. The molecule has 0 amide bonds. The molecule has 0 N–H and O–H groups in total. The molecule has 3 aromatic rings. The van der Waals surface area contributed by atoms with Gasteiger partial charge in [-0.1, -0.05) is 6.07 Å². The largest absolute Gasteiger partial charge is 0.497 e. The smallest absolute Gasteiger partial charge is 0.161 e. The summed E-state index contributed by atoms with van der Waals surface area (Å²) < 4.78 is 7.91. The number of halogens is 1. The third-order valence-corrected chi connectivity index (χ3v) is 3.13. The van der Waals surface area contributed by atoms with E-state index in [0.29, 0.717) is 0 Å². The molecule has 0 aliphatic rings. The molecule has 0 aliphatic carbocycles. The molecule has 0 radical (unpaired) electrons. The van der Waals surface area contributed by atoms with Crippen LogP contribution in [0.2, 0.25) is 0 Å². The highest BCUT2D eigenvalue weighted by Gasteiger charge is 2.07. The van der Waals surface area contributed by atoms with E-state index in [9.17, 15) is 0 Å². The van der Waals surface area contributed by atoms with Gasteiger partial charge in [0, 0.05) is 17.8 Å². The quantitative estimate of drug-likeness (QED) is 0.730. The van der Waals surface area contributed by atoms with Gasteiger partial charge in [-0.25, -0.2) is 9.67 Å². The number of hydrogen-bond acceptors (Lipinski definition) is 3. The van der Waals surface area contributed by atoms with Crippen molar-refractivity contribution in [2.45, 2.75) is 0 Å². The van der Waals surface area contributed by atoms with Gasteiger partial charge in [0.1, 0.15) is 5.75 Å². The monoisotopic (exact) mass is 303 g/mol. The van der Waals surface area contributed by atoms with Gasteiger partial charge in [-0.3, -0.25) is 0 Å². The van der Waals surface area contributed by atoms with Crippen LogP contribution in [0.25, 0.3) is 16.6 Å². The standard InChI is InChI=1S/C13H10BrN3O/c1-18-11-3-2-9-4-5-15-13(12(9)6-11)17-8-10(14)7-16-17/h2-8H,1H3. The summed E-state index contributed by atoms with van der Waals surface area (Å²) in [5, 5.41) is 6.37. The van der Waals surface area contributed by atoms with E-state index in [0.717, 1.165) is 26.8 Å². The molecular formula is C13H10BrN3O. The first-order valence-corrected chi connectivity index (χ1v) is 6.20. The molecule has 3 rings (SSSR count). The second-order valence-electron chi connectivity index (χ2n) is 3.82. The number of aromatic nitrogens is 3. The third-order valence-electron chi connectivity index (χ3n) is 2.72. The zero-order chi connectivity index (χ0) is 12.5. The van der Waals surface area contributed by atoms with Crippen molar-refractivity contribution in [3.05, 3.63) is 47.3 Å². The zero-order valence-corrected chi connectivity index (χ0v) is 11.3. The Hall–Kier alpha value is -1.88. The van der Waals surface area contributed by atoms with Crippen LogP contribution in [-0.4, -0.2) is 21.9 Å². The first-order chi connectivity index (χ1) is 8.78. The van der Waals surface area contributed by atoms with Crippen LogP contribution in [-0.2, 0) is 0 Å². The van der Waals surface area contributed by atoms with Crippen molar-refractivity contribution in [1.82, 2.24) is 14.8 Å². The molecule has 1 aromatic carbocycles. The predicted octanol–water partition coefficient (Wildman–Crippen LogP) is 3.19. The Morgan fingerprint density at radius 3 is 2.89 bits per heavy atom. The molecule has 0 spiro atoms. The zero-order valence-electron chi connectivity index (χ0n) is 9.67. The number of rotatable bonds is 2. The predicted molar refractivity (Wildman–Crippen MR) is 73.1 cm³/mol. The van der Waals surface area contributed by atoms with Gasteiger partial charge >= 0.3 is 0 Å². The second kappa shape index (κ2) is 4.42. The van der Waals surface area contributed by atoms with Crippen LogP contribution in [0.3, 0.4) is 0 Å². The van der Waals surface area contributed by atoms with E-state index in [1.807, 2.05) is 30.5 Å². The van der Waals surface area contributed by atoms with Crippen molar-refractivity contribution >= 4 is 26.7 Å². The minimum atomic E-state index is 0.789. The van der Waals surface area contributed by atoms with Gasteiger partial charge in [-0.05, 0) is 39.5 Å². The highest BCUT2D eigenvalue weighted by molar-refractivity contribution is 9.10. The summed E-state index contributed by atoms with van der Waals surface area (Å²) in [4.78, 5) is 4.39. The molecule has 4 nitrogen and oxygen atoms in total. The van der Waals surface area contributed by atoms with Crippen LogP contribution in [0.1, 0.15) is 0 Å². The summed E-state index contributed by atoms with van der Waals surface area (Å²) in [5.41, 5.74) is 0. The number of nitrogens with zero attached hydrogens (tertiary/aromatic N) is 3. The van der Waals surface area contributed by atoms with E-state index in [1.54, 1.807) is 24.2 Å². The Morgan fingerprint density at radius 1 is 1.28 bits per heavy atom. The molecule has 0 saturated heterocycles. The minimum absolute atomic E-state index is 0.789. The van der Waals surface area contributed by atoms with Crippen LogP contribution in [0.4, 0.5) is 0 Å². The van der Waals surface area contributed by atoms with E-state index < -0.39 is 0 Å². The summed E-state index contributed by atoms with van der Waals surface area (Å²) in [7, 11) is 1.65. The van der Waals surface area contributed by atoms with E-state index in [4.69, 9.17) is 4.74 Å². The van der Waals surface area contributed by atoms with E-state index in [1.165, 1.54) is 0 Å². The summed E-state index contributed by atoms with van der Waals surface area (Å²) in [5.74, 6) is 1.60. The molecule has 18 heavy (non-hydrogen) atoms. The van der Waals surface area contributed by atoms with Gasteiger partial charge in [0.15, 0.2) is 5.82 Å². The lowest BCUT2D eigenvalue weighted by Crippen LogP contribution is -1.98. The van der Waals surface area contributed by atoms with Crippen molar-refractivity contribution < 1.29 is 4.74 Å². The second-order valence-corrected chi connectivity index (χ2v) is 4.74. The molecule has 90 valence electrons. The fourth-order valence-corrected chi connectivity index (χ4v) is 2.14. The maximum absolute atomic E-state index is 5.25. The normalized spacial score (nSPS) is 10.8. The molecule has 2 heterocycles. The first kappa shape index (κ1) is 11.2. The topological polar surface area (TPSA) is 39.9 Å². The highest BCUT2D eigenvalue weighted by Crippen LogP contribution is 2.25. The summed E-state index contributed by atoms with van der Waals surface area (Å²) >= 11 is 3.39. The lowest BCUT2D eigenvalue weighted by molar-refractivity contribution is 0.415. The maximum Gasteiger partial charge on any atom is 0.161 e. The van der Waals surface area contributed by atoms with Crippen LogP contribution in [0, 0.1) is 0 Å². The minimum Gasteiger partial charge on any atom is -0.497 e. The van der Waals surface area contributed by atoms with E-state index in [-0.39, 0.29) is 0 Å². The van der Waals surface area contributed by atoms with Crippen molar-refractivity contribution in [1.29, 1.82) is 0 Å². The molecular weight excluding hydrogens is 294 g/mol. The van der Waals surface area contributed by atoms with Crippen molar-refractivity contribution in [2.75, 3.05) is 7.11 Å². The van der Waals surface area contributed by atoms with Gasteiger partial charge in [-0.2, -0.15) is 5.10 Å². The van der Waals surface area contributed by atoms with Crippen molar-refractivity contribution in [3.63, 3.8) is 0 Å². The number of ether oxygens (including phenoxy) is 1. The fraction of sp³-hybridized carbons (Fsp3) is 0.0769. The van der Waals surface area contributed by atoms with Gasteiger partial charge in [0.05, 0.1) is 17.8 Å². The van der Waals surface area contributed by atoms with Gasteiger partial charge in [0.2, 0.25) is 0 Å². The highest BCUT2D eigenvalue weighted by atomic mass is 79.9. The number of methoxy groups -OCH3 is 1. The van der Waals surface area contributed by atoms with E-state index in [2.05, 4.69) is 26.0 Å². The number of benzene rings is 1.